The van der Waals surface area contributed by atoms with Crippen molar-refractivity contribution in [1.29, 1.82) is 0 Å². The van der Waals surface area contributed by atoms with Crippen LogP contribution in [0, 0.1) is 6.92 Å². The topological polar surface area (TPSA) is 58.1 Å². The molecule has 1 heterocycles. The van der Waals surface area contributed by atoms with E-state index in [9.17, 15) is 9.59 Å². The molecule has 0 spiro atoms. The third kappa shape index (κ3) is 3.15. The molecule has 0 atom stereocenters. The molecule has 0 bridgehead atoms. The van der Waals surface area contributed by atoms with Gasteiger partial charge in [-0.3, -0.25) is 9.36 Å². The summed E-state index contributed by atoms with van der Waals surface area (Å²) in [5.74, 6) is 0.152. The SMILES string of the molecule is Cc1c[nH]c(=O)n1-c1ccc(C(=O)N(C2CCCCC2)C2CC2)cc1. The molecule has 2 saturated carbocycles. The smallest absolute Gasteiger partial charge is 0.330 e. The zero-order chi connectivity index (χ0) is 17.4. The number of hydrogen-bond donors (Lipinski definition) is 1. The van der Waals surface area contributed by atoms with E-state index >= 15 is 0 Å². The van der Waals surface area contributed by atoms with Gasteiger partial charge in [-0.1, -0.05) is 19.3 Å². The van der Waals surface area contributed by atoms with Crippen LogP contribution in [0.2, 0.25) is 0 Å². The molecule has 2 aliphatic carbocycles. The van der Waals surface area contributed by atoms with E-state index in [1.54, 1.807) is 10.8 Å². The lowest BCUT2D eigenvalue weighted by atomic mass is 9.93. The van der Waals surface area contributed by atoms with Crippen LogP contribution in [0.15, 0.2) is 35.3 Å². The molecule has 2 aromatic rings. The zero-order valence-corrected chi connectivity index (χ0v) is 14.7. The van der Waals surface area contributed by atoms with Crippen LogP contribution in [0.4, 0.5) is 0 Å². The van der Waals surface area contributed by atoms with Gasteiger partial charge >= 0.3 is 5.69 Å². The van der Waals surface area contributed by atoms with E-state index in [2.05, 4.69) is 9.88 Å². The highest BCUT2D eigenvalue weighted by atomic mass is 16.2. The monoisotopic (exact) mass is 339 g/mol. The molecule has 132 valence electrons. The summed E-state index contributed by atoms with van der Waals surface area (Å²) in [6, 6.07) is 8.28. The summed E-state index contributed by atoms with van der Waals surface area (Å²) in [6.45, 7) is 1.88. The summed E-state index contributed by atoms with van der Waals surface area (Å²) in [5, 5.41) is 0. The van der Waals surface area contributed by atoms with Gasteiger partial charge in [-0.25, -0.2) is 4.79 Å². The van der Waals surface area contributed by atoms with Crippen molar-refractivity contribution in [3.63, 3.8) is 0 Å². The Morgan fingerprint density at radius 3 is 2.24 bits per heavy atom. The molecule has 5 heteroatoms. The van der Waals surface area contributed by atoms with Gasteiger partial charge in [0.2, 0.25) is 0 Å². The number of aryl methyl sites for hydroxylation is 1. The Balaban J connectivity index is 1.58. The van der Waals surface area contributed by atoms with Gasteiger partial charge in [-0.15, -0.1) is 0 Å². The molecule has 1 amide bonds. The first-order chi connectivity index (χ1) is 12.1. The van der Waals surface area contributed by atoms with Crippen LogP contribution in [-0.4, -0.2) is 32.4 Å². The quantitative estimate of drug-likeness (QED) is 0.928. The van der Waals surface area contributed by atoms with Crippen LogP contribution in [0.5, 0.6) is 0 Å². The second-order valence-corrected chi connectivity index (χ2v) is 7.35. The predicted molar refractivity (Wildman–Crippen MR) is 97.2 cm³/mol. The number of carbonyl (C=O) groups excluding carboxylic acids is 1. The maximum atomic E-state index is 13.1. The second-order valence-electron chi connectivity index (χ2n) is 7.35. The number of nitrogens with zero attached hydrogens (tertiary/aromatic N) is 2. The van der Waals surface area contributed by atoms with Crippen LogP contribution >= 0.6 is 0 Å². The van der Waals surface area contributed by atoms with E-state index in [-0.39, 0.29) is 11.6 Å². The molecular formula is C20H25N3O2. The third-order valence-corrected chi connectivity index (χ3v) is 5.48. The second kappa shape index (κ2) is 6.54. The molecule has 0 aliphatic heterocycles. The molecule has 25 heavy (non-hydrogen) atoms. The molecule has 0 saturated heterocycles. The summed E-state index contributed by atoms with van der Waals surface area (Å²) >= 11 is 0. The van der Waals surface area contributed by atoms with Crippen molar-refractivity contribution in [2.45, 2.75) is 64.0 Å². The van der Waals surface area contributed by atoms with E-state index in [1.165, 1.54) is 19.3 Å². The predicted octanol–water partition coefficient (Wildman–Crippen LogP) is 3.41. The van der Waals surface area contributed by atoms with E-state index in [0.29, 0.717) is 12.1 Å². The number of aromatic amines is 1. The Hall–Kier alpha value is -2.30. The number of imidazole rings is 1. The molecule has 4 rings (SSSR count). The number of rotatable bonds is 4. The lowest BCUT2D eigenvalue weighted by Gasteiger charge is -2.34. The highest BCUT2D eigenvalue weighted by Crippen LogP contribution is 2.35. The van der Waals surface area contributed by atoms with Crippen LogP contribution in [0.25, 0.3) is 5.69 Å². The Morgan fingerprint density at radius 2 is 1.68 bits per heavy atom. The van der Waals surface area contributed by atoms with Crippen molar-refractivity contribution < 1.29 is 4.79 Å². The first kappa shape index (κ1) is 16.2. The van der Waals surface area contributed by atoms with Crippen molar-refractivity contribution >= 4 is 5.91 Å². The summed E-state index contributed by atoms with van der Waals surface area (Å²) in [4.78, 5) is 29.9. The molecular weight excluding hydrogens is 314 g/mol. The standard InChI is InChI=1S/C20H25N3O2/c1-14-13-21-20(25)22(14)17-9-7-15(8-10-17)19(24)23(18-11-12-18)16-5-3-2-4-6-16/h7-10,13,16,18H,2-6,11-12H2,1H3,(H,21,25). The average molecular weight is 339 g/mol. The molecule has 5 nitrogen and oxygen atoms in total. The van der Waals surface area contributed by atoms with Crippen molar-refractivity contribution in [1.82, 2.24) is 14.5 Å². The molecule has 0 radical (unpaired) electrons. The van der Waals surface area contributed by atoms with Crippen molar-refractivity contribution in [2.75, 3.05) is 0 Å². The van der Waals surface area contributed by atoms with Gasteiger partial charge in [0.1, 0.15) is 0 Å². The highest BCUT2D eigenvalue weighted by molar-refractivity contribution is 5.95. The number of hydrogen-bond acceptors (Lipinski definition) is 2. The van der Waals surface area contributed by atoms with Gasteiger partial charge < -0.3 is 9.88 Å². The summed E-state index contributed by atoms with van der Waals surface area (Å²) in [6.07, 6.45) is 10.0. The van der Waals surface area contributed by atoms with Gasteiger partial charge in [0.25, 0.3) is 5.91 Å². The van der Waals surface area contributed by atoms with Crippen molar-refractivity contribution in [2.24, 2.45) is 0 Å². The third-order valence-electron chi connectivity index (χ3n) is 5.48. The largest absolute Gasteiger partial charge is 0.333 e. The zero-order valence-electron chi connectivity index (χ0n) is 14.7. The Bertz CT molecular complexity index is 808. The van der Waals surface area contributed by atoms with Crippen molar-refractivity contribution in [3.8, 4) is 5.69 Å². The average Bonchev–Trinajstić information content (AvgIpc) is 3.41. The van der Waals surface area contributed by atoms with Crippen molar-refractivity contribution in [3.05, 3.63) is 52.2 Å². The number of amides is 1. The number of H-pyrrole nitrogens is 1. The Kier molecular flexibility index (Phi) is 4.24. The fourth-order valence-corrected chi connectivity index (χ4v) is 4.02. The maximum absolute atomic E-state index is 13.1. The summed E-state index contributed by atoms with van der Waals surface area (Å²) in [5.41, 5.74) is 2.21. The highest BCUT2D eigenvalue weighted by Gasteiger charge is 2.38. The van der Waals surface area contributed by atoms with Gasteiger partial charge in [0.15, 0.2) is 0 Å². The molecule has 2 fully saturated rings. The summed E-state index contributed by atoms with van der Waals surface area (Å²) in [7, 11) is 0. The van der Waals surface area contributed by atoms with Gasteiger partial charge in [0.05, 0.1) is 5.69 Å². The normalized spacial score (nSPS) is 18.3. The van der Waals surface area contributed by atoms with E-state index in [0.717, 1.165) is 42.6 Å². The summed E-state index contributed by atoms with van der Waals surface area (Å²) < 4.78 is 1.62. The first-order valence-corrected chi connectivity index (χ1v) is 9.35. The number of carbonyl (C=O) groups is 1. The molecule has 1 aromatic carbocycles. The fourth-order valence-electron chi connectivity index (χ4n) is 4.02. The minimum atomic E-state index is -0.154. The Labute approximate surface area is 147 Å². The number of aromatic nitrogens is 2. The lowest BCUT2D eigenvalue weighted by molar-refractivity contribution is 0.0614. The minimum absolute atomic E-state index is 0.152. The lowest BCUT2D eigenvalue weighted by Crippen LogP contribution is -2.43. The van der Waals surface area contributed by atoms with Gasteiger partial charge in [-0.2, -0.15) is 0 Å². The molecule has 2 aliphatic rings. The van der Waals surface area contributed by atoms with E-state index in [1.807, 2.05) is 31.2 Å². The first-order valence-electron chi connectivity index (χ1n) is 9.35. The fraction of sp³-hybridized carbons (Fsp3) is 0.500. The Morgan fingerprint density at radius 1 is 1.04 bits per heavy atom. The number of nitrogens with one attached hydrogen (secondary N) is 1. The molecule has 0 unspecified atom stereocenters. The van der Waals surface area contributed by atoms with Gasteiger partial charge in [-0.05, 0) is 56.9 Å². The van der Waals surface area contributed by atoms with E-state index < -0.39 is 0 Å². The molecule has 1 N–H and O–H groups in total. The van der Waals surface area contributed by atoms with Crippen LogP contribution in [0.1, 0.15) is 61.0 Å². The molecule has 1 aromatic heterocycles. The van der Waals surface area contributed by atoms with E-state index in [4.69, 9.17) is 0 Å². The maximum Gasteiger partial charge on any atom is 0.330 e. The van der Waals surface area contributed by atoms with Gasteiger partial charge in [0, 0.05) is 29.5 Å². The van der Waals surface area contributed by atoms with Crippen LogP contribution in [0.3, 0.4) is 0 Å². The van der Waals surface area contributed by atoms with Crippen LogP contribution < -0.4 is 5.69 Å². The number of benzene rings is 1. The minimum Gasteiger partial charge on any atom is -0.333 e. The van der Waals surface area contributed by atoms with Crippen LogP contribution in [-0.2, 0) is 0 Å².